The first kappa shape index (κ1) is 18.4. The van der Waals surface area contributed by atoms with E-state index in [0.717, 1.165) is 6.07 Å². The molecule has 1 fully saturated rings. The maximum absolute atomic E-state index is 13.1. The first-order valence-corrected chi connectivity index (χ1v) is 7.91. The number of aromatic nitrogens is 2. The molecule has 0 radical (unpaired) electrons. The molecule has 0 aliphatic carbocycles. The molecule has 6 nitrogen and oxygen atoms in total. The molecule has 24 heavy (non-hydrogen) atoms. The number of nitrogens with zero attached hydrogens (tertiary/aromatic N) is 4. The lowest BCUT2D eigenvalue weighted by Crippen LogP contribution is -2.49. The maximum atomic E-state index is 13.1. The number of piperazine rings is 1. The lowest BCUT2D eigenvalue weighted by Gasteiger charge is -2.35. The van der Waals surface area contributed by atoms with Crippen molar-refractivity contribution in [3.8, 4) is 0 Å². The molecule has 1 aromatic rings. The average Bonchev–Trinajstić information content (AvgIpc) is 2.54. The van der Waals surface area contributed by atoms with Crippen molar-refractivity contribution >= 4 is 11.9 Å². The Kier molecular flexibility index (Phi) is 5.63. The maximum Gasteiger partial charge on any atom is 0.433 e. The summed E-state index contributed by atoms with van der Waals surface area (Å²) >= 11 is 0. The SMILES string of the molecule is CC(C)c1cc(C(F)(F)F)nc(N2CCN(C(=O)CCN)CC2)n1. The van der Waals surface area contributed by atoms with E-state index in [2.05, 4.69) is 9.97 Å². The monoisotopic (exact) mass is 345 g/mol. The number of carbonyl (C=O) groups is 1. The quantitative estimate of drug-likeness (QED) is 0.897. The van der Waals surface area contributed by atoms with Gasteiger partial charge in [0.2, 0.25) is 11.9 Å². The lowest BCUT2D eigenvalue weighted by atomic mass is 10.1. The Morgan fingerprint density at radius 2 is 1.88 bits per heavy atom. The van der Waals surface area contributed by atoms with E-state index in [9.17, 15) is 18.0 Å². The van der Waals surface area contributed by atoms with Gasteiger partial charge in [-0.2, -0.15) is 13.2 Å². The molecule has 2 heterocycles. The molecule has 0 unspecified atom stereocenters. The molecular formula is C15H22F3N5O. The van der Waals surface area contributed by atoms with Gasteiger partial charge in [-0.1, -0.05) is 13.8 Å². The largest absolute Gasteiger partial charge is 0.433 e. The fraction of sp³-hybridized carbons (Fsp3) is 0.667. The number of alkyl halides is 3. The number of halogens is 3. The van der Waals surface area contributed by atoms with E-state index in [1.165, 1.54) is 0 Å². The number of hydrogen-bond donors (Lipinski definition) is 1. The average molecular weight is 345 g/mol. The van der Waals surface area contributed by atoms with Gasteiger partial charge in [-0.05, 0) is 12.0 Å². The van der Waals surface area contributed by atoms with Gasteiger partial charge in [0.1, 0.15) is 5.69 Å². The lowest BCUT2D eigenvalue weighted by molar-refractivity contribution is -0.141. The molecule has 0 aromatic carbocycles. The highest BCUT2D eigenvalue weighted by molar-refractivity contribution is 5.76. The van der Waals surface area contributed by atoms with Crippen LogP contribution in [0.4, 0.5) is 19.1 Å². The smallest absolute Gasteiger partial charge is 0.339 e. The summed E-state index contributed by atoms with van der Waals surface area (Å²) in [5.41, 5.74) is 4.80. The summed E-state index contributed by atoms with van der Waals surface area (Å²) in [5.74, 6) is -0.107. The van der Waals surface area contributed by atoms with E-state index >= 15 is 0 Å². The molecule has 134 valence electrons. The van der Waals surface area contributed by atoms with Crippen LogP contribution in [0.2, 0.25) is 0 Å². The number of hydrogen-bond acceptors (Lipinski definition) is 5. The molecular weight excluding hydrogens is 323 g/mol. The van der Waals surface area contributed by atoms with Crippen LogP contribution in [0.15, 0.2) is 6.07 Å². The Morgan fingerprint density at radius 1 is 1.25 bits per heavy atom. The molecule has 0 bridgehead atoms. The van der Waals surface area contributed by atoms with Gasteiger partial charge < -0.3 is 15.5 Å². The van der Waals surface area contributed by atoms with E-state index in [4.69, 9.17) is 5.73 Å². The van der Waals surface area contributed by atoms with Crippen molar-refractivity contribution in [2.45, 2.75) is 32.4 Å². The minimum Gasteiger partial charge on any atom is -0.339 e. The molecule has 2 rings (SSSR count). The molecule has 1 saturated heterocycles. The van der Waals surface area contributed by atoms with Crippen LogP contribution in [-0.4, -0.2) is 53.5 Å². The van der Waals surface area contributed by atoms with E-state index < -0.39 is 11.9 Å². The van der Waals surface area contributed by atoms with Gasteiger partial charge in [0.05, 0.1) is 0 Å². The number of rotatable bonds is 4. The Morgan fingerprint density at radius 3 is 2.38 bits per heavy atom. The molecule has 0 atom stereocenters. The van der Waals surface area contributed by atoms with Crippen LogP contribution in [0.1, 0.15) is 37.6 Å². The first-order chi connectivity index (χ1) is 11.2. The summed E-state index contributed by atoms with van der Waals surface area (Å²) in [6.45, 7) is 5.51. The Hall–Kier alpha value is -1.90. The standard InChI is InChI=1S/C15H22F3N5O/c1-10(2)11-9-12(15(16,17)18)21-14(20-11)23-7-5-22(6-8-23)13(24)3-4-19/h9-10H,3-8,19H2,1-2H3. The number of nitrogens with two attached hydrogens (primary N) is 1. The van der Waals surface area contributed by atoms with Crippen molar-refractivity contribution in [1.82, 2.24) is 14.9 Å². The second-order valence-electron chi connectivity index (χ2n) is 6.04. The second-order valence-corrected chi connectivity index (χ2v) is 6.04. The highest BCUT2D eigenvalue weighted by Crippen LogP contribution is 2.30. The van der Waals surface area contributed by atoms with Gasteiger partial charge >= 0.3 is 6.18 Å². The second kappa shape index (κ2) is 7.33. The van der Waals surface area contributed by atoms with Gasteiger partial charge in [0.15, 0.2) is 0 Å². The van der Waals surface area contributed by atoms with E-state index in [-0.39, 0.29) is 30.7 Å². The fourth-order valence-electron chi connectivity index (χ4n) is 2.47. The van der Waals surface area contributed by atoms with Crippen LogP contribution >= 0.6 is 0 Å². The van der Waals surface area contributed by atoms with Crippen molar-refractivity contribution in [2.75, 3.05) is 37.6 Å². The molecule has 1 aromatic heterocycles. The van der Waals surface area contributed by atoms with Crippen LogP contribution in [0, 0.1) is 0 Å². The molecule has 9 heteroatoms. The van der Waals surface area contributed by atoms with Gasteiger partial charge in [0, 0.05) is 44.8 Å². The van der Waals surface area contributed by atoms with E-state index in [1.54, 1.807) is 23.6 Å². The summed E-state index contributed by atoms with van der Waals surface area (Å²) in [5, 5.41) is 0. The third-order valence-corrected chi connectivity index (χ3v) is 3.89. The third kappa shape index (κ3) is 4.34. The molecule has 1 aliphatic heterocycles. The highest BCUT2D eigenvalue weighted by Gasteiger charge is 2.35. The molecule has 0 saturated carbocycles. The van der Waals surface area contributed by atoms with Crippen molar-refractivity contribution < 1.29 is 18.0 Å². The zero-order valence-corrected chi connectivity index (χ0v) is 13.8. The highest BCUT2D eigenvalue weighted by atomic mass is 19.4. The summed E-state index contributed by atoms with van der Waals surface area (Å²) in [6, 6.07) is 0.995. The van der Waals surface area contributed by atoms with Crippen LogP contribution in [0.3, 0.4) is 0 Å². The van der Waals surface area contributed by atoms with E-state index in [0.29, 0.717) is 31.9 Å². The van der Waals surface area contributed by atoms with Gasteiger partial charge in [0.25, 0.3) is 0 Å². The predicted molar refractivity (Wildman–Crippen MR) is 83.6 cm³/mol. The van der Waals surface area contributed by atoms with Crippen LogP contribution in [0.25, 0.3) is 0 Å². The minimum absolute atomic E-state index is 0.0371. The molecule has 0 spiro atoms. The molecule has 1 aliphatic rings. The van der Waals surface area contributed by atoms with Crippen molar-refractivity contribution in [2.24, 2.45) is 5.73 Å². The number of anilines is 1. The number of carbonyl (C=O) groups excluding carboxylic acids is 1. The number of amides is 1. The van der Waals surface area contributed by atoms with Crippen molar-refractivity contribution in [3.63, 3.8) is 0 Å². The zero-order chi connectivity index (χ0) is 17.9. The van der Waals surface area contributed by atoms with Crippen molar-refractivity contribution in [3.05, 3.63) is 17.5 Å². The van der Waals surface area contributed by atoms with Crippen LogP contribution < -0.4 is 10.6 Å². The topological polar surface area (TPSA) is 75.4 Å². The van der Waals surface area contributed by atoms with Crippen LogP contribution in [-0.2, 0) is 11.0 Å². The fourth-order valence-corrected chi connectivity index (χ4v) is 2.47. The Labute approximate surface area is 138 Å². The van der Waals surface area contributed by atoms with Gasteiger partial charge in [-0.25, -0.2) is 9.97 Å². The third-order valence-electron chi connectivity index (χ3n) is 3.89. The summed E-state index contributed by atoms with van der Waals surface area (Å²) < 4.78 is 39.2. The Bertz CT molecular complexity index is 583. The Balaban J connectivity index is 2.18. The predicted octanol–water partition coefficient (Wildman–Crippen LogP) is 1.62. The van der Waals surface area contributed by atoms with E-state index in [1.807, 2.05) is 0 Å². The van der Waals surface area contributed by atoms with Gasteiger partial charge in [-0.3, -0.25) is 4.79 Å². The summed E-state index contributed by atoms with van der Waals surface area (Å²) in [7, 11) is 0. The zero-order valence-electron chi connectivity index (χ0n) is 13.8. The van der Waals surface area contributed by atoms with Gasteiger partial charge in [-0.15, -0.1) is 0 Å². The van der Waals surface area contributed by atoms with Crippen LogP contribution in [0.5, 0.6) is 0 Å². The molecule has 2 N–H and O–H groups in total. The normalized spacial score (nSPS) is 16.0. The first-order valence-electron chi connectivity index (χ1n) is 7.91. The summed E-state index contributed by atoms with van der Waals surface area (Å²) in [6.07, 6.45) is -4.24. The minimum atomic E-state index is -4.51. The summed E-state index contributed by atoms with van der Waals surface area (Å²) in [4.78, 5) is 23.1. The van der Waals surface area contributed by atoms with Crippen molar-refractivity contribution in [1.29, 1.82) is 0 Å². The molecule has 1 amide bonds.